The number of hydrogen-bond acceptors (Lipinski definition) is 3. The van der Waals surface area contributed by atoms with E-state index in [9.17, 15) is 4.79 Å². The van der Waals surface area contributed by atoms with Crippen molar-refractivity contribution in [3.05, 3.63) is 90.5 Å². The number of quaternary nitrogens is 1. The second kappa shape index (κ2) is 10.8. The number of morpholine rings is 1. The topological polar surface area (TPSA) is 52.0 Å². The molecule has 1 aliphatic rings. The zero-order valence-corrected chi connectivity index (χ0v) is 17.6. The molecule has 0 spiro atoms. The Balaban J connectivity index is 1.34. The molecule has 31 heavy (non-hydrogen) atoms. The summed E-state index contributed by atoms with van der Waals surface area (Å²) in [6, 6.07) is 28.1. The minimum absolute atomic E-state index is 0.00748. The van der Waals surface area contributed by atoms with Crippen LogP contribution in [0.2, 0.25) is 0 Å². The van der Waals surface area contributed by atoms with Gasteiger partial charge in [0.1, 0.15) is 31.4 Å². The van der Waals surface area contributed by atoms with Gasteiger partial charge in [0.2, 0.25) is 0 Å². The smallest absolute Gasteiger partial charge is 0.258 e. The summed E-state index contributed by atoms with van der Waals surface area (Å²) in [6.07, 6.45) is 0. The first-order valence-electron chi connectivity index (χ1n) is 10.8. The molecular weight excluding hydrogens is 388 g/mol. The van der Waals surface area contributed by atoms with Crippen molar-refractivity contribution in [3.8, 4) is 16.9 Å². The van der Waals surface area contributed by atoms with Crippen molar-refractivity contribution < 1.29 is 19.2 Å². The van der Waals surface area contributed by atoms with Crippen LogP contribution in [-0.4, -0.2) is 45.4 Å². The normalized spacial score (nSPS) is 15.2. The Hall–Kier alpha value is -3.15. The van der Waals surface area contributed by atoms with Crippen LogP contribution in [0.15, 0.2) is 84.9 Å². The Kier molecular flexibility index (Phi) is 7.32. The number of nitrogens with one attached hydrogen (secondary N) is 2. The molecule has 0 unspecified atom stereocenters. The van der Waals surface area contributed by atoms with E-state index in [-0.39, 0.29) is 18.6 Å². The van der Waals surface area contributed by atoms with Gasteiger partial charge < -0.3 is 19.7 Å². The lowest BCUT2D eigenvalue weighted by Gasteiger charge is -2.28. The standard InChI is InChI=1S/C26H28N2O3/c29-26(20-31-24-13-11-22(12-14-24)21-7-3-1-4-8-21)27-25(23-9-5-2-6-10-23)19-28-15-17-30-18-16-28/h1-14,25H,15-20H2,(H,27,29)/p+1/t25-/m1/s1. The minimum atomic E-state index is -0.117. The molecule has 1 fully saturated rings. The van der Waals surface area contributed by atoms with E-state index in [2.05, 4.69) is 29.6 Å². The maximum Gasteiger partial charge on any atom is 0.258 e. The number of carbonyl (C=O) groups excluding carboxylic acids is 1. The third-order valence-electron chi connectivity index (χ3n) is 5.56. The lowest BCUT2D eigenvalue weighted by Crippen LogP contribution is -3.14. The number of ether oxygens (including phenoxy) is 2. The molecule has 0 aromatic heterocycles. The number of carbonyl (C=O) groups is 1. The molecule has 3 aromatic carbocycles. The van der Waals surface area contributed by atoms with Gasteiger partial charge in [-0.05, 0) is 28.8 Å². The molecule has 0 radical (unpaired) electrons. The van der Waals surface area contributed by atoms with Crippen molar-refractivity contribution in [2.45, 2.75) is 6.04 Å². The van der Waals surface area contributed by atoms with E-state index in [1.807, 2.05) is 60.7 Å². The summed E-state index contributed by atoms with van der Waals surface area (Å²) in [5, 5.41) is 3.16. The van der Waals surface area contributed by atoms with Gasteiger partial charge in [0, 0.05) is 0 Å². The molecule has 1 heterocycles. The summed E-state index contributed by atoms with van der Waals surface area (Å²) in [7, 11) is 0. The predicted octanol–water partition coefficient (Wildman–Crippen LogP) is 2.50. The Morgan fingerprint density at radius 2 is 1.48 bits per heavy atom. The highest BCUT2D eigenvalue weighted by atomic mass is 16.5. The van der Waals surface area contributed by atoms with Gasteiger partial charge in [-0.3, -0.25) is 4.79 Å². The Bertz CT molecular complexity index is 939. The van der Waals surface area contributed by atoms with Crippen LogP contribution in [0.4, 0.5) is 0 Å². The predicted molar refractivity (Wildman–Crippen MR) is 121 cm³/mol. The fourth-order valence-electron chi connectivity index (χ4n) is 3.85. The molecular formula is C26H29N2O3+. The number of amides is 1. The van der Waals surface area contributed by atoms with Gasteiger partial charge in [-0.2, -0.15) is 0 Å². The molecule has 5 heteroatoms. The highest BCUT2D eigenvalue weighted by Crippen LogP contribution is 2.22. The molecule has 5 nitrogen and oxygen atoms in total. The fraction of sp³-hybridized carbons (Fsp3) is 0.269. The van der Waals surface area contributed by atoms with E-state index in [0.29, 0.717) is 5.75 Å². The monoisotopic (exact) mass is 417 g/mol. The third kappa shape index (κ3) is 6.17. The summed E-state index contributed by atoms with van der Waals surface area (Å²) < 4.78 is 11.2. The van der Waals surface area contributed by atoms with Gasteiger partial charge in [0.05, 0.1) is 13.2 Å². The molecule has 0 saturated carbocycles. The molecule has 4 rings (SSSR count). The molecule has 160 valence electrons. The number of hydrogen-bond donors (Lipinski definition) is 2. The van der Waals surface area contributed by atoms with E-state index in [0.717, 1.165) is 49.5 Å². The Labute approximate surface area is 183 Å². The van der Waals surface area contributed by atoms with E-state index < -0.39 is 0 Å². The Morgan fingerprint density at radius 3 is 2.16 bits per heavy atom. The van der Waals surface area contributed by atoms with Gasteiger partial charge in [-0.25, -0.2) is 0 Å². The van der Waals surface area contributed by atoms with Crippen LogP contribution in [0, 0.1) is 0 Å². The summed E-state index contributed by atoms with van der Waals surface area (Å²) in [5.74, 6) is 0.568. The van der Waals surface area contributed by atoms with E-state index in [1.165, 1.54) is 4.90 Å². The van der Waals surface area contributed by atoms with Crippen LogP contribution in [0.5, 0.6) is 5.75 Å². The lowest BCUT2D eigenvalue weighted by atomic mass is 10.1. The first-order chi connectivity index (χ1) is 15.3. The summed E-state index contributed by atoms with van der Waals surface area (Å²) in [6.45, 7) is 4.30. The number of benzene rings is 3. The van der Waals surface area contributed by atoms with Crippen LogP contribution in [0.1, 0.15) is 11.6 Å². The molecule has 2 N–H and O–H groups in total. The average molecular weight is 418 g/mol. The largest absolute Gasteiger partial charge is 0.484 e. The lowest BCUT2D eigenvalue weighted by molar-refractivity contribution is -0.909. The summed E-state index contributed by atoms with van der Waals surface area (Å²) >= 11 is 0. The molecule has 3 aromatic rings. The van der Waals surface area contributed by atoms with E-state index >= 15 is 0 Å². The van der Waals surface area contributed by atoms with Gasteiger partial charge in [-0.1, -0.05) is 72.8 Å². The van der Waals surface area contributed by atoms with E-state index in [4.69, 9.17) is 9.47 Å². The van der Waals surface area contributed by atoms with Crippen LogP contribution < -0.4 is 15.0 Å². The van der Waals surface area contributed by atoms with Crippen molar-refractivity contribution in [3.63, 3.8) is 0 Å². The number of rotatable bonds is 8. The van der Waals surface area contributed by atoms with E-state index in [1.54, 1.807) is 0 Å². The highest BCUT2D eigenvalue weighted by Gasteiger charge is 2.23. The third-order valence-corrected chi connectivity index (χ3v) is 5.56. The molecule has 1 atom stereocenters. The van der Waals surface area contributed by atoms with Gasteiger partial charge in [0.15, 0.2) is 6.61 Å². The van der Waals surface area contributed by atoms with Gasteiger partial charge in [-0.15, -0.1) is 0 Å². The average Bonchev–Trinajstić information content (AvgIpc) is 2.84. The van der Waals surface area contributed by atoms with Crippen LogP contribution in [0.25, 0.3) is 11.1 Å². The zero-order valence-electron chi connectivity index (χ0n) is 17.6. The summed E-state index contributed by atoms with van der Waals surface area (Å²) in [4.78, 5) is 14.1. The molecule has 1 amide bonds. The highest BCUT2D eigenvalue weighted by molar-refractivity contribution is 5.78. The minimum Gasteiger partial charge on any atom is -0.484 e. The van der Waals surface area contributed by atoms with Crippen LogP contribution in [0.3, 0.4) is 0 Å². The summed E-state index contributed by atoms with van der Waals surface area (Å²) in [5.41, 5.74) is 3.39. The maximum atomic E-state index is 12.7. The van der Waals surface area contributed by atoms with Crippen molar-refractivity contribution in [1.82, 2.24) is 5.32 Å². The van der Waals surface area contributed by atoms with Crippen molar-refractivity contribution >= 4 is 5.91 Å². The molecule has 0 aliphatic carbocycles. The first-order valence-corrected chi connectivity index (χ1v) is 10.8. The van der Waals surface area contributed by atoms with Gasteiger partial charge in [0.25, 0.3) is 5.91 Å². The first kappa shape index (κ1) is 21.1. The van der Waals surface area contributed by atoms with Crippen molar-refractivity contribution in [2.24, 2.45) is 0 Å². The second-order valence-corrected chi connectivity index (χ2v) is 7.78. The quantitative estimate of drug-likeness (QED) is 0.592. The molecule has 0 bridgehead atoms. The SMILES string of the molecule is O=C(COc1ccc(-c2ccccc2)cc1)N[C@H](C[NH+]1CCOCC1)c1ccccc1. The second-order valence-electron chi connectivity index (χ2n) is 7.78. The van der Waals surface area contributed by atoms with Crippen molar-refractivity contribution in [2.75, 3.05) is 39.5 Å². The zero-order chi connectivity index (χ0) is 21.3. The van der Waals surface area contributed by atoms with Gasteiger partial charge >= 0.3 is 0 Å². The fourth-order valence-corrected chi connectivity index (χ4v) is 3.85. The molecule has 1 aliphatic heterocycles. The van der Waals surface area contributed by atoms with Crippen LogP contribution in [-0.2, 0) is 9.53 Å². The van der Waals surface area contributed by atoms with Crippen molar-refractivity contribution in [1.29, 1.82) is 0 Å². The van der Waals surface area contributed by atoms with Crippen LogP contribution >= 0.6 is 0 Å². The maximum absolute atomic E-state index is 12.7. The Morgan fingerprint density at radius 1 is 0.871 bits per heavy atom. The molecule has 1 saturated heterocycles.